The molecule has 0 atom stereocenters. The number of aliphatic hydroxyl groups is 1. The average Bonchev–Trinajstić information content (AvgIpc) is 2.35. The first-order valence-electron chi connectivity index (χ1n) is 6.25. The van der Waals surface area contributed by atoms with Crippen LogP contribution < -0.4 is 0 Å². The van der Waals surface area contributed by atoms with Crippen LogP contribution in [0.3, 0.4) is 0 Å². The van der Waals surface area contributed by atoms with Gasteiger partial charge in [-0.05, 0) is 50.6 Å². The number of carbonyl (C=O) groups is 1. The van der Waals surface area contributed by atoms with Crippen LogP contribution in [0.5, 0.6) is 0 Å². The molecule has 0 bridgehead atoms. The molecule has 1 aromatic rings. The maximum Gasteiger partial charge on any atom is 0.335 e. The molecule has 0 aliphatic heterocycles. The van der Waals surface area contributed by atoms with Crippen molar-refractivity contribution in [1.29, 1.82) is 0 Å². The van der Waals surface area contributed by atoms with E-state index in [1.165, 1.54) is 0 Å². The maximum atomic E-state index is 10.8. The number of aromatic carboxylic acids is 1. The normalized spacial score (nSPS) is 10.8. The molecule has 1 aromatic carbocycles. The van der Waals surface area contributed by atoms with Gasteiger partial charge in [0.15, 0.2) is 0 Å². The van der Waals surface area contributed by atoms with Gasteiger partial charge in [0.05, 0.1) is 5.56 Å². The molecule has 0 spiro atoms. The Kier molecular flexibility index (Phi) is 6.39. The number of nitrogens with zero attached hydrogens (tertiary/aromatic N) is 1. The predicted octanol–water partition coefficient (Wildman–Crippen LogP) is 1.98. The van der Waals surface area contributed by atoms with Gasteiger partial charge in [0, 0.05) is 13.2 Å². The highest BCUT2D eigenvalue weighted by Gasteiger charge is 2.05. The first-order chi connectivity index (χ1) is 8.63. The summed E-state index contributed by atoms with van der Waals surface area (Å²) >= 11 is 0. The van der Waals surface area contributed by atoms with Crippen molar-refractivity contribution < 1.29 is 15.0 Å². The van der Waals surface area contributed by atoms with E-state index in [2.05, 4.69) is 4.90 Å². The summed E-state index contributed by atoms with van der Waals surface area (Å²) in [6.45, 7) is 1.96. The summed E-state index contributed by atoms with van der Waals surface area (Å²) in [7, 11) is 2.02. The summed E-state index contributed by atoms with van der Waals surface area (Å²) in [6.07, 6.45) is 2.92. The Morgan fingerprint density at radius 1 is 1.28 bits per heavy atom. The van der Waals surface area contributed by atoms with Crippen LogP contribution in [-0.4, -0.2) is 41.3 Å². The summed E-state index contributed by atoms with van der Waals surface area (Å²) in [5.41, 5.74) is 1.35. The van der Waals surface area contributed by atoms with Gasteiger partial charge in [0.2, 0.25) is 0 Å². The first kappa shape index (κ1) is 14.7. The van der Waals surface area contributed by atoms with Crippen LogP contribution in [-0.2, 0) is 6.54 Å². The maximum absolute atomic E-state index is 10.8. The van der Waals surface area contributed by atoms with Crippen molar-refractivity contribution >= 4 is 5.97 Å². The Labute approximate surface area is 108 Å². The van der Waals surface area contributed by atoms with Crippen molar-refractivity contribution in [2.24, 2.45) is 0 Å². The third-order valence-corrected chi connectivity index (χ3v) is 2.82. The monoisotopic (exact) mass is 251 g/mol. The Morgan fingerprint density at radius 2 is 2.06 bits per heavy atom. The van der Waals surface area contributed by atoms with Gasteiger partial charge in [-0.25, -0.2) is 4.79 Å². The molecule has 0 heterocycles. The summed E-state index contributed by atoms with van der Waals surface area (Å²) < 4.78 is 0. The van der Waals surface area contributed by atoms with Gasteiger partial charge in [-0.15, -0.1) is 0 Å². The Balaban J connectivity index is 2.41. The van der Waals surface area contributed by atoms with Crippen molar-refractivity contribution in [3.8, 4) is 0 Å². The van der Waals surface area contributed by atoms with E-state index in [1.54, 1.807) is 18.2 Å². The zero-order valence-corrected chi connectivity index (χ0v) is 10.8. The molecule has 0 unspecified atom stereocenters. The van der Waals surface area contributed by atoms with Gasteiger partial charge in [0.25, 0.3) is 0 Å². The highest BCUT2D eigenvalue weighted by Crippen LogP contribution is 2.08. The molecule has 4 heteroatoms. The van der Waals surface area contributed by atoms with Crippen LogP contribution >= 0.6 is 0 Å². The smallest absolute Gasteiger partial charge is 0.335 e. The summed E-state index contributed by atoms with van der Waals surface area (Å²) in [4.78, 5) is 13.0. The zero-order chi connectivity index (χ0) is 13.4. The van der Waals surface area contributed by atoms with Gasteiger partial charge in [-0.2, -0.15) is 0 Å². The molecule has 0 fully saturated rings. The largest absolute Gasteiger partial charge is 0.478 e. The van der Waals surface area contributed by atoms with Crippen LogP contribution in [0, 0.1) is 0 Å². The molecule has 4 nitrogen and oxygen atoms in total. The molecule has 0 aliphatic rings. The fraction of sp³-hybridized carbons (Fsp3) is 0.500. The molecule has 0 aliphatic carbocycles. The number of benzene rings is 1. The number of aliphatic hydroxyl groups excluding tert-OH is 1. The summed E-state index contributed by atoms with van der Waals surface area (Å²) in [5, 5.41) is 17.6. The number of carboxylic acid groups (broad SMARTS) is 1. The highest BCUT2D eigenvalue weighted by atomic mass is 16.4. The van der Waals surface area contributed by atoms with Crippen LogP contribution in [0.4, 0.5) is 0 Å². The predicted molar refractivity (Wildman–Crippen MR) is 70.7 cm³/mol. The van der Waals surface area contributed by atoms with E-state index >= 15 is 0 Å². The van der Waals surface area contributed by atoms with E-state index in [4.69, 9.17) is 10.2 Å². The topological polar surface area (TPSA) is 60.8 Å². The number of rotatable bonds is 8. The van der Waals surface area contributed by atoms with E-state index in [1.807, 2.05) is 13.1 Å². The number of hydrogen-bond acceptors (Lipinski definition) is 3. The second-order valence-electron chi connectivity index (χ2n) is 4.53. The Hall–Kier alpha value is -1.39. The standard InChI is InChI=1S/C14H21NO3/c1-15(8-3-2-4-9-16)11-12-6-5-7-13(10-12)14(17)18/h5-7,10,16H,2-4,8-9,11H2,1H3,(H,17,18). The molecule has 0 saturated carbocycles. The quantitative estimate of drug-likeness (QED) is 0.694. The molecule has 0 aromatic heterocycles. The fourth-order valence-corrected chi connectivity index (χ4v) is 1.86. The van der Waals surface area contributed by atoms with Crippen LogP contribution in [0.1, 0.15) is 35.2 Å². The van der Waals surface area contributed by atoms with Crippen LogP contribution in [0.15, 0.2) is 24.3 Å². The lowest BCUT2D eigenvalue weighted by Crippen LogP contribution is -2.19. The molecule has 1 rings (SSSR count). The van der Waals surface area contributed by atoms with Crippen molar-refractivity contribution in [2.45, 2.75) is 25.8 Å². The molecular formula is C14H21NO3. The molecule has 0 amide bonds. The Bertz CT molecular complexity index is 379. The van der Waals surface area contributed by atoms with E-state index in [0.717, 1.165) is 37.9 Å². The highest BCUT2D eigenvalue weighted by molar-refractivity contribution is 5.87. The lowest BCUT2D eigenvalue weighted by molar-refractivity contribution is 0.0696. The minimum absolute atomic E-state index is 0.254. The van der Waals surface area contributed by atoms with E-state index < -0.39 is 5.97 Å². The van der Waals surface area contributed by atoms with Crippen molar-refractivity contribution in [2.75, 3.05) is 20.2 Å². The van der Waals surface area contributed by atoms with Gasteiger partial charge in [0.1, 0.15) is 0 Å². The zero-order valence-electron chi connectivity index (χ0n) is 10.8. The first-order valence-corrected chi connectivity index (χ1v) is 6.25. The number of carboxylic acids is 1. The molecule has 18 heavy (non-hydrogen) atoms. The van der Waals surface area contributed by atoms with Gasteiger partial charge < -0.3 is 15.1 Å². The van der Waals surface area contributed by atoms with Crippen LogP contribution in [0.2, 0.25) is 0 Å². The summed E-state index contributed by atoms with van der Waals surface area (Å²) in [5.74, 6) is -0.887. The molecule has 0 saturated heterocycles. The van der Waals surface area contributed by atoms with Gasteiger partial charge >= 0.3 is 5.97 Å². The molecular weight excluding hydrogens is 230 g/mol. The van der Waals surface area contributed by atoms with Crippen molar-refractivity contribution in [3.05, 3.63) is 35.4 Å². The minimum Gasteiger partial charge on any atom is -0.478 e. The van der Waals surface area contributed by atoms with Gasteiger partial charge in [-0.3, -0.25) is 0 Å². The van der Waals surface area contributed by atoms with E-state index in [-0.39, 0.29) is 6.61 Å². The SMILES string of the molecule is CN(CCCCCO)Cc1cccc(C(=O)O)c1. The van der Waals surface area contributed by atoms with Crippen molar-refractivity contribution in [3.63, 3.8) is 0 Å². The second-order valence-corrected chi connectivity index (χ2v) is 4.53. The van der Waals surface area contributed by atoms with Gasteiger partial charge in [-0.1, -0.05) is 12.1 Å². The van der Waals surface area contributed by atoms with E-state index in [0.29, 0.717) is 5.56 Å². The Morgan fingerprint density at radius 3 is 2.72 bits per heavy atom. The third-order valence-electron chi connectivity index (χ3n) is 2.82. The molecule has 0 radical (unpaired) electrons. The second kappa shape index (κ2) is 7.84. The number of unbranched alkanes of at least 4 members (excludes halogenated alkanes) is 2. The average molecular weight is 251 g/mol. The van der Waals surface area contributed by atoms with Crippen LogP contribution in [0.25, 0.3) is 0 Å². The molecule has 2 N–H and O–H groups in total. The van der Waals surface area contributed by atoms with E-state index in [9.17, 15) is 4.79 Å². The van der Waals surface area contributed by atoms with Crippen molar-refractivity contribution in [1.82, 2.24) is 4.90 Å². The molecule has 100 valence electrons. The number of hydrogen-bond donors (Lipinski definition) is 2. The minimum atomic E-state index is -0.887. The fourth-order valence-electron chi connectivity index (χ4n) is 1.86. The lowest BCUT2D eigenvalue weighted by Gasteiger charge is -2.16. The summed E-state index contributed by atoms with van der Waals surface area (Å²) in [6, 6.07) is 7.04. The lowest BCUT2D eigenvalue weighted by atomic mass is 10.1. The third kappa shape index (κ3) is 5.29.